The summed E-state index contributed by atoms with van der Waals surface area (Å²) in [6.07, 6.45) is 14.1. The zero-order valence-corrected chi connectivity index (χ0v) is 9.68. The first-order chi connectivity index (χ1) is 6.27. The van der Waals surface area contributed by atoms with E-state index >= 15 is 0 Å². The number of hydrogen-bond donors (Lipinski definition) is 0. The molecule has 0 aliphatic carbocycles. The van der Waals surface area contributed by atoms with E-state index in [9.17, 15) is 0 Å². The molecule has 0 saturated heterocycles. The first-order valence-electron chi connectivity index (χ1n) is 5.92. The highest BCUT2D eigenvalue weighted by Gasteiger charge is 1.92. The van der Waals surface area contributed by atoms with E-state index in [1.807, 2.05) is 0 Å². The number of unbranched alkanes of at least 4 members (excludes halogenated alkanes) is 4. The van der Waals surface area contributed by atoms with Crippen molar-refractivity contribution < 1.29 is 0 Å². The van der Waals surface area contributed by atoms with Crippen LogP contribution in [0.1, 0.15) is 65.7 Å². The molecule has 0 heteroatoms. The summed E-state index contributed by atoms with van der Waals surface area (Å²) >= 11 is 0. The molecule has 0 saturated carbocycles. The first-order valence-corrected chi connectivity index (χ1v) is 5.92. The van der Waals surface area contributed by atoms with Crippen LogP contribution in [0.2, 0.25) is 0 Å². The predicted octanol–water partition coefficient (Wildman–Crippen LogP) is 4.95. The molecule has 78 valence electrons. The van der Waals surface area contributed by atoms with Gasteiger partial charge >= 0.3 is 0 Å². The third kappa shape index (κ3) is 11.7. The Kier molecular flexibility index (Phi) is 9.63. The van der Waals surface area contributed by atoms with E-state index in [4.69, 9.17) is 0 Å². The van der Waals surface area contributed by atoms with E-state index in [1.54, 1.807) is 0 Å². The molecule has 0 atom stereocenters. The maximum Gasteiger partial charge on any atom is -0.0351 e. The average Bonchev–Trinajstić information content (AvgIpc) is 2.09. The highest BCUT2D eigenvalue weighted by atomic mass is 14.0. The van der Waals surface area contributed by atoms with Gasteiger partial charge in [-0.05, 0) is 25.2 Å². The summed E-state index contributed by atoms with van der Waals surface area (Å²) in [6, 6.07) is 0. The standard InChI is InChI=1S/C13H26/c1-4-5-6-7-8-9-10-11-12-13(2)3/h6-7,13H,4-5,8-12H2,1-3H3. The molecule has 0 amide bonds. The normalized spacial score (nSPS) is 11.7. The molecule has 0 aliphatic rings. The molecule has 0 aromatic heterocycles. The Labute approximate surface area is 84.4 Å². The molecule has 0 radical (unpaired) electrons. The van der Waals surface area contributed by atoms with Crippen LogP contribution < -0.4 is 0 Å². The van der Waals surface area contributed by atoms with E-state index in [-0.39, 0.29) is 0 Å². The summed E-state index contributed by atoms with van der Waals surface area (Å²) in [5.41, 5.74) is 0. The van der Waals surface area contributed by atoms with Gasteiger partial charge in [0.25, 0.3) is 0 Å². The van der Waals surface area contributed by atoms with Crippen LogP contribution in [0, 0.1) is 5.92 Å². The average molecular weight is 182 g/mol. The fourth-order valence-corrected chi connectivity index (χ4v) is 1.39. The number of rotatable bonds is 8. The minimum Gasteiger partial charge on any atom is -0.0885 e. The lowest BCUT2D eigenvalue weighted by Gasteiger charge is -2.02. The van der Waals surface area contributed by atoms with Gasteiger partial charge in [0, 0.05) is 0 Å². The molecule has 0 spiro atoms. The third-order valence-electron chi connectivity index (χ3n) is 2.27. The van der Waals surface area contributed by atoms with Crippen LogP contribution in [0.25, 0.3) is 0 Å². The second kappa shape index (κ2) is 9.83. The van der Waals surface area contributed by atoms with Gasteiger partial charge < -0.3 is 0 Å². The van der Waals surface area contributed by atoms with Crippen molar-refractivity contribution in [2.75, 3.05) is 0 Å². The Morgan fingerprint density at radius 1 is 0.923 bits per heavy atom. The smallest absolute Gasteiger partial charge is 0.0351 e. The predicted molar refractivity (Wildman–Crippen MR) is 62.0 cm³/mol. The Morgan fingerprint density at radius 3 is 2.23 bits per heavy atom. The van der Waals surface area contributed by atoms with Crippen molar-refractivity contribution in [3.05, 3.63) is 12.2 Å². The lowest BCUT2D eigenvalue weighted by molar-refractivity contribution is 0.528. The topological polar surface area (TPSA) is 0 Å². The molecule has 0 heterocycles. The van der Waals surface area contributed by atoms with Crippen molar-refractivity contribution in [3.63, 3.8) is 0 Å². The van der Waals surface area contributed by atoms with Crippen molar-refractivity contribution in [2.45, 2.75) is 65.7 Å². The summed E-state index contributed by atoms with van der Waals surface area (Å²) in [6.45, 7) is 6.84. The second-order valence-corrected chi connectivity index (χ2v) is 4.29. The third-order valence-corrected chi connectivity index (χ3v) is 2.27. The maximum absolute atomic E-state index is 2.35. The van der Waals surface area contributed by atoms with Gasteiger partial charge in [-0.1, -0.05) is 58.6 Å². The van der Waals surface area contributed by atoms with Gasteiger partial charge in [-0.15, -0.1) is 0 Å². The Bertz CT molecular complexity index is 111. The summed E-state index contributed by atoms with van der Waals surface area (Å²) < 4.78 is 0. The molecular weight excluding hydrogens is 156 g/mol. The van der Waals surface area contributed by atoms with Crippen LogP contribution in [0.4, 0.5) is 0 Å². The van der Waals surface area contributed by atoms with E-state index < -0.39 is 0 Å². The monoisotopic (exact) mass is 182 g/mol. The molecule has 0 fully saturated rings. The van der Waals surface area contributed by atoms with Crippen LogP contribution in [-0.4, -0.2) is 0 Å². The van der Waals surface area contributed by atoms with Gasteiger partial charge in [0.2, 0.25) is 0 Å². The van der Waals surface area contributed by atoms with Crippen molar-refractivity contribution >= 4 is 0 Å². The summed E-state index contributed by atoms with van der Waals surface area (Å²) in [5, 5.41) is 0. The van der Waals surface area contributed by atoms with E-state index in [2.05, 4.69) is 32.9 Å². The summed E-state index contributed by atoms with van der Waals surface area (Å²) in [5.74, 6) is 0.885. The molecule has 0 aromatic rings. The van der Waals surface area contributed by atoms with Crippen molar-refractivity contribution in [2.24, 2.45) is 5.92 Å². The molecular formula is C13H26. The largest absolute Gasteiger partial charge is 0.0885 e. The quantitative estimate of drug-likeness (QED) is 0.368. The number of hydrogen-bond acceptors (Lipinski definition) is 0. The zero-order valence-electron chi connectivity index (χ0n) is 9.68. The molecule has 13 heavy (non-hydrogen) atoms. The van der Waals surface area contributed by atoms with Gasteiger partial charge in [-0.3, -0.25) is 0 Å². The number of allylic oxidation sites excluding steroid dienone is 2. The second-order valence-electron chi connectivity index (χ2n) is 4.29. The fraction of sp³-hybridized carbons (Fsp3) is 0.846. The first kappa shape index (κ1) is 12.7. The van der Waals surface area contributed by atoms with Crippen molar-refractivity contribution in [1.29, 1.82) is 0 Å². The van der Waals surface area contributed by atoms with Gasteiger partial charge in [0.05, 0.1) is 0 Å². The summed E-state index contributed by atoms with van der Waals surface area (Å²) in [7, 11) is 0. The minimum absolute atomic E-state index is 0.885. The van der Waals surface area contributed by atoms with Crippen LogP contribution in [0.5, 0.6) is 0 Å². The highest BCUT2D eigenvalue weighted by molar-refractivity contribution is 4.80. The molecule has 0 aromatic carbocycles. The van der Waals surface area contributed by atoms with Gasteiger partial charge in [-0.2, -0.15) is 0 Å². The Hall–Kier alpha value is -0.260. The van der Waals surface area contributed by atoms with Gasteiger partial charge in [0.15, 0.2) is 0 Å². The molecule has 0 nitrogen and oxygen atoms in total. The SMILES string of the molecule is CCCC=CCCCCCC(C)C. The minimum atomic E-state index is 0.885. The van der Waals surface area contributed by atoms with Gasteiger partial charge in [0.1, 0.15) is 0 Å². The molecule has 0 bridgehead atoms. The highest BCUT2D eigenvalue weighted by Crippen LogP contribution is 2.09. The van der Waals surface area contributed by atoms with E-state index in [1.165, 1.54) is 44.9 Å². The summed E-state index contributed by atoms with van der Waals surface area (Å²) in [4.78, 5) is 0. The Morgan fingerprint density at radius 2 is 1.62 bits per heavy atom. The molecule has 0 N–H and O–H groups in total. The lowest BCUT2D eigenvalue weighted by Crippen LogP contribution is -1.86. The van der Waals surface area contributed by atoms with Crippen LogP contribution in [-0.2, 0) is 0 Å². The van der Waals surface area contributed by atoms with Crippen molar-refractivity contribution in [1.82, 2.24) is 0 Å². The fourth-order valence-electron chi connectivity index (χ4n) is 1.39. The lowest BCUT2D eigenvalue weighted by atomic mass is 10.0. The Balaban J connectivity index is 2.99. The van der Waals surface area contributed by atoms with Crippen molar-refractivity contribution in [3.8, 4) is 0 Å². The maximum atomic E-state index is 2.35. The van der Waals surface area contributed by atoms with Crippen LogP contribution >= 0.6 is 0 Å². The van der Waals surface area contributed by atoms with Gasteiger partial charge in [-0.25, -0.2) is 0 Å². The van der Waals surface area contributed by atoms with E-state index in [0.29, 0.717) is 0 Å². The van der Waals surface area contributed by atoms with Crippen LogP contribution in [0.3, 0.4) is 0 Å². The molecule has 0 rings (SSSR count). The van der Waals surface area contributed by atoms with Crippen LogP contribution in [0.15, 0.2) is 12.2 Å². The van der Waals surface area contributed by atoms with E-state index in [0.717, 1.165) is 5.92 Å². The molecule has 0 aliphatic heterocycles. The zero-order chi connectivity index (χ0) is 9.94. The molecule has 0 unspecified atom stereocenters.